The fraction of sp³-hybridized carbons (Fsp3) is 0.308. The summed E-state index contributed by atoms with van der Waals surface area (Å²) in [4.78, 5) is 17.7. The molecule has 192 valence electrons. The van der Waals surface area contributed by atoms with Crippen molar-refractivity contribution >= 4 is 21.7 Å². The summed E-state index contributed by atoms with van der Waals surface area (Å²) in [6, 6.07) is 16.6. The van der Waals surface area contributed by atoms with Gasteiger partial charge in [0, 0.05) is 18.5 Å². The molecular formula is C26H23F2N3O5S. The topological polar surface area (TPSA) is 97.8 Å². The molecule has 0 radical (unpaired) electrons. The molecule has 3 aliphatic rings. The molecular weight excluding hydrogens is 504 g/mol. The van der Waals surface area contributed by atoms with Crippen molar-refractivity contribution < 1.29 is 31.5 Å². The fourth-order valence-corrected chi connectivity index (χ4v) is 6.19. The van der Waals surface area contributed by atoms with E-state index < -0.39 is 34.3 Å². The molecule has 11 heteroatoms. The second-order valence-corrected chi connectivity index (χ2v) is 11.4. The molecule has 0 atom stereocenters. The summed E-state index contributed by atoms with van der Waals surface area (Å²) in [5.74, 6) is -1.53. The first-order chi connectivity index (χ1) is 17.7. The molecule has 3 heterocycles. The van der Waals surface area contributed by atoms with Crippen LogP contribution in [0.4, 0.5) is 14.6 Å². The standard InChI is InChI=1S/C26H23F2N3O5S/c27-26(28)12-13-31(15-26)37(33,34)19-7-4-17(5-8-19)20-2-1-3-23(29-20)30-24(32)25(10-11-25)18-6-9-21-22(14-18)36-16-35-21/h1-9,14H,10-13,15-16H2,(H,29,30,32). The summed E-state index contributed by atoms with van der Waals surface area (Å²) < 4.78 is 64.2. The number of hydrogen-bond acceptors (Lipinski definition) is 6. The summed E-state index contributed by atoms with van der Waals surface area (Å²) in [7, 11) is -4.01. The number of carbonyl (C=O) groups is 1. The Balaban J connectivity index is 1.18. The molecule has 1 N–H and O–H groups in total. The number of sulfonamides is 1. The van der Waals surface area contributed by atoms with E-state index in [2.05, 4.69) is 10.3 Å². The van der Waals surface area contributed by atoms with Gasteiger partial charge in [0.05, 0.1) is 22.5 Å². The van der Waals surface area contributed by atoms with Crippen molar-refractivity contribution in [2.45, 2.75) is 35.5 Å². The highest BCUT2D eigenvalue weighted by Crippen LogP contribution is 2.51. The summed E-state index contributed by atoms with van der Waals surface area (Å²) >= 11 is 0. The van der Waals surface area contributed by atoms with E-state index in [4.69, 9.17) is 9.47 Å². The average Bonchev–Trinajstić information content (AvgIpc) is 3.42. The van der Waals surface area contributed by atoms with E-state index in [9.17, 15) is 22.0 Å². The van der Waals surface area contributed by atoms with Crippen LogP contribution in [-0.4, -0.2) is 49.4 Å². The molecule has 0 bridgehead atoms. The van der Waals surface area contributed by atoms with E-state index in [1.165, 1.54) is 12.1 Å². The van der Waals surface area contributed by atoms with Gasteiger partial charge in [0.1, 0.15) is 5.82 Å². The SMILES string of the molecule is O=C(Nc1cccc(-c2ccc(S(=O)(=O)N3CCC(F)(F)C3)cc2)n1)C1(c2ccc3c(c2)OCO3)CC1. The summed E-state index contributed by atoms with van der Waals surface area (Å²) in [6.45, 7) is -0.863. The first kappa shape index (κ1) is 23.8. The number of hydrogen-bond donors (Lipinski definition) is 1. The Morgan fingerprint density at radius 3 is 2.43 bits per heavy atom. The number of nitrogens with one attached hydrogen (secondary N) is 1. The molecule has 1 saturated carbocycles. The summed E-state index contributed by atoms with van der Waals surface area (Å²) in [5, 5.41) is 2.91. The van der Waals surface area contributed by atoms with Crippen LogP contribution >= 0.6 is 0 Å². The normalized spacial score (nSPS) is 19.5. The molecule has 1 aromatic heterocycles. The van der Waals surface area contributed by atoms with Crippen LogP contribution in [0.2, 0.25) is 0 Å². The highest BCUT2D eigenvalue weighted by atomic mass is 32.2. The molecule has 1 aliphatic carbocycles. The molecule has 0 spiro atoms. The van der Waals surface area contributed by atoms with Gasteiger partial charge < -0.3 is 14.8 Å². The molecule has 1 saturated heterocycles. The number of ether oxygens (including phenoxy) is 2. The first-order valence-electron chi connectivity index (χ1n) is 11.8. The quantitative estimate of drug-likeness (QED) is 0.517. The predicted octanol–water partition coefficient (Wildman–Crippen LogP) is 4.18. The lowest BCUT2D eigenvalue weighted by Gasteiger charge is -2.17. The number of fused-ring (bicyclic) bond motifs is 1. The Labute approximate surface area is 212 Å². The molecule has 2 fully saturated rings. The number of alkyl halides is 2. The number of carbonyl (C=O) groups excluding carboxylic acids is 1. The zero-order valence-corrected chi connectivity index (χ0v) is 20.4. The Kier molecular flexibility index (Phi) is 5.46. The van der Waals surface area contributed by atoms with Crippen molar-refractivity contribution in [3.05, 3.63) is 66.2 Å². The maximum Gasteiger partial charge on any atom is 0.262 e. The van der Waals surface area contributed by atoms with Crippen LogP contribution in [0.1, 0.15) is 24.8 Å². The maximum absolute atomic E-state index is 13.5. The van der Waals surface area contributed by atoms with Crippen LogP contribution in [0, 0.1) is 0 Å². The number of benzene rings is 2. The smallest absolute Gasteiger partial charge is 0.262 e. The van der Waals surface area contributed by atoms with Gasteiger partial charge in [0.2, 0.25) is 22.7 Å². The summed E-state index contributed by atoms with van der Waals surface area (Å²) in [6.07, 6.45) is 0.927. The zero-order chi connectivity index (χ0) is 25.8. The predicted molar refractivity (Wildman–Crippen MR) is 130 cm³/mol. The number of aromatic nitrogens is 1. The highest BCUT2D eigenvalue weighted by molar-refractivity contribution is 7.89. The maximum atomic E-state index is 13.5. The van der Waals surface area contributed by atoms with Gasteiger partial charge in [-0.15, -0.1) is 0 Å². The number of amides is 1. The van der Waals surface area contributed by atoms with Crippen molar-refractivity contribution in [1.82, 2.24) is 9.29 Å². The Morgan fingerprint density at radius 1 is 0.973 bits per heavy atom. The largest absolute Gasteiger partial charge is 0.454 e. The van der Waals surface area contributed by atoms with Crippen LogP contribution in [0.15, 0.2) is 65.6 Å². The second-order valence-electron chi connectivity index (χ2n) is 9.48. The van der Waals surface area contributed by atoms with Gasteiger partial charge in [0.15, 0.2) is 11.5 Å². The fourth-order valence-electron chi connectivity index (χ4n) is 4.72. The third kappa shape index (κ3) is 4.31. The third-order valence-corrected chi connectivity index (χ3v) is 8.88. The van der Waals surface area contributed by atoms with Crippen molar-refractivity contribution in [3.8, 4) is 22.8 Å². The molecule has 0 unspecified atom stereocenters. The van der Waals surface area contributed by atoms with Crippen LogP contribution in [0.25, 0.3) is 11.3 Å². The van der Waals surface area contributed by atoms with Gasteiger partial charge >= 0.3 is 0 Å². The Morgan fingerprint density at radius 2 is 1.73 bits per heavy atom. The summed E-state index contributed by atoms with van der Waals surface area (Å²) in [5.41, 5.74) is 1.36. The van der Waals surface area contributed by atoms with Gasteiger partial charge in [-0.3, -0.25) is 4.79 Å². The monoisotopic (exact) mass is 527 g/mol. The van der Waals surface area contributed by atoms with Gasteiger partial charge in [0.25, 0.3) is 5.92 Å². The molecule has 8 nitrogen and oxygen atoms in total. The molecule has 6 rings (SSSR count). The van der Waals surface area contributed by atoms with Gasteiger partial charge in [-0.2, -0.15) is 4.31 Å². The van der Waals surface area contributed by atoms with Crippen LogP contribution in [0.5, 0.6) is 11.5 Å². The minimum absolute atomic E-state index is 0.0576. The van der Waals surface area contributed by atoms with Gasteiger partial charge in [-0.25, -0.2) is 22.2 Å². The van der Waals surface area contributed by atoms with Crippen molar-refractivity contribution in [3.63, 3.8) is 0 Å². The third-order valence-electron chi connectivity index (χ3n) is 7.02. The van der Waals surface area contributed by atoms with E-state index >= 15 is 0 Å². The minimum atomic E-state index is -4.01. The van der Waals surface area contributed by atoms with Crippen molar-refractivity contribution in [2.24, 2.45) is 0 Å². The Bertz CT molecular complexity index is 1490. The second kappa shape index (κ2) is 8.49. The van der Waals surface area contributed by atoms with E-state index in [0.29, 0.717) is 41.4 Å². The minimum Gasteiger partial charge on any atom is -0.454 e. The van der Waals surface area contributed by atoms with Crippen LogP contribution < -0.4 is 14.8 Å². The molecule has 3 aromatic rings. The first-order valence-corrected chi connectivity index (χ1v) is 13.3. The van der Waals surface area contributed by atoms with E-state index in [1.807, 2.05) is 18.2 Å². The lowest BCUT2D eigenvalue weighted by atomic mass is 9.94. The van der Waals surface area contributed by atoms with E-state index in [1.54, 1.807) is 30.3 Å². The Hall–Kier alpha value is -3.57. The molecule has 2 aliphatic heterocycles. The van der Waals surface area contributed by atoms with E-state index in [-0.39, 0.29) is 24.1 Å². The average molecular weight is 528 g/mol. The number of pyridine rings is 1. The lowest BCUT2D eigenvalue weighted by Crippen LogP contribution is -2.31. The number of halogens is 2. The molecule has 1 amide bonds. The lowest BCUT2D eigenvalue weighted by molar-refractivity contribution is -0.118. The van der Waals surface area contributed by atoms with Crippen molar-refractivity contribution in [2.75, 3.05) is 25.2 Å². The van der Waals surface area contributed by atoms with Gasteiger partial charge in [-0.05, 0) is 54.8 Å². The highest BCUT2D eigenvalue weighted by Gasteiger charge is 2.52. The van der Waals surface area contributed by atoms with Crippen LogP contribution in [0.3, 0.4) is 0 Å². The van der Waals surface area contributed by atoms with Crippen LogP contribution in [-0.2, 0) is 20.2 Å². The van der Waals surface area contributed by atoms with E-state index in [0.717, 1.165) is 9.87 Å². The number of nitrogens with zero attached hydrogens (tertiary/aromatic N) is 2. The van der Waals surface area contributed by atoms with Crippen molar-refractivity contribution in [1.29, 1.82) is 0 Å². The zero-order valence-electron chi connectivity index (χ0n) is 19.6. The number of anilines is 1. The molecule has 2 aromatic carbocycles. The van der Waals surface area contributed by atoms with Gasteiger partial charge in [-0.1, -0.05) is 24.3 Å². The number of rotatable bonds is 6. The molecule has 37 heavy (non-hydrogen) atoms.